The zero-order chi connectivity index (χ0) is 27.3. The molecule has 1 amide bonds. The van der Waals surface area contributed by atoms with Crippen LogP contribution in [0.3, 0.4) is 0 Å². The summed E-state index contributed by atoms with van der Waals surface area (Å²) in [5, 5.41) is 7.53. The minimum Gasteiger partial charge on any atom is -0.449 e. The number of alkyl halides is 3. The maximum Gasteiger partial charge on any atom is 0.416 e. The molecule has 1 N–H and O–H groups in total. The van der Waals surface area contributed by atoms with Crippen LogP contribution in [0.2, 0.25) is 5.02 Å². The molecule has 0 saturated heterocycles. The number of nitrogens with zero attached hydrogens (tertiary/aromatic N) is 2. The molecule has 0 aliphatic heterocycles. The Bertz CT molecular complexity index is 1470. The van der Waals surface area contributed by atoms with Gasteiger partial charge in [0.25, 0.3) is 5.91 Å². The van der Waals surface area contributed by atoms with Gasteiger partial charge in [-0.1, -0.05) is 48.0 Å². The fraction of sp³-hybridized carbons (Fsp3) is 0.107. The lowest BCUT2D eigenvalue weighted by molar-refractivity contribution is -0.148. The van der Waals surface area contributed by atoms with Crippen molar-refractivity contribution in [2.24, 2.45) is 0 Å². The molecule has 1 atom stereocenters. The summed E-state index contributed by atoms with van der Waals surface area (Å²) in [6.45, 7) is 1.32. The Balaban J connectivity index is 1.48. The molecule has 10 heteroatoms. The molecular formula is C28H21ClF3N3O3. The zero-order valence-corrected chi connectivity index (χ0v) is 20.7. The number of aromatic nitrogens is 2. The second-order valence-electron chi connectivity index (χ2n) is 8.20. The minimum atomic E-state index is -4.55. The molecule has 1 heterocycles. The number of hydrogen-bond donors (Lipinski definition) is 1. The van der Waals surface area contributed by atoms with Crippen molar-refractivity contribution in [1.82, 2.24) is 9.78 Å². The van der Waals surface area contributed by atoms with E-state index in [1.165, 1.54) is 25.1 Å². The van der Waals surface area contributed by atoms with Gasteiger partial charge in [-0.2, -0.15) is 18.3 Å². The van der Waals surface area contributed by atoms with Gasteiger partial charge in [-0.25, -0.2) is 9.48 Å². The van der Waals surface area contributed by atoms with Crippen LogP contribution in [0.5, 0.6) is 0 Å². The molecule has 1 aromatic heterocycles. The summed E-state index contributed by atoms with van der Waals surface area (Å²) in [4.78, 5) is 24.8. The first-order valence-corrected chi connectivity index (χ1v) is 11.8. The van der Waals surface area contributed by atoms with E-state index >= 15 is 0 Å². The van der Waals surface area contributed by atoms with E-state index in [2.05, 4.69) is 10.4 Å². The maximum atomic E-state index is 12.9. The Labute approximate surface area is 221 Å². The predicted molar refractivity (Wildman–Crippen MR) is 139 cm³/mol. The number of halogens is 4. The van der Waals surface area contributed by atoms with Crippen LogP contribution in [-0.2, 0) is 20.5 Å². The van der Waals surface area contributed by atoms with E-state index in [1.54, 1.807) is 35.1 Å². The Morgan fingerprint density at radius 1 is 1.03 bits per heavy atom. The summed E-state index contributed by atoms with van der Waals surface area (Å²) in [5.74, 6) is -1.59. The largest absolute Gasteiger partial charge is 0.449 e. The molecule has 1 unspecified atom stereocenters. The van der Waals surface area contributed by atoms with Crippen molar-refractivity contribution in [2.45, 2.75) is 19.2 Å². The van der Waals surface area contributed by atoms with Crippen LogP contribution in [0.1, 0.15) is 18.1 Å². The molecule has 0 radical (unpaired) electrons. The molecule has 3 aromatic carbocycles. The fourth-order valence-corrected chi connectivity index (χ4v) is 3.62. The number of hydrogen-bond acceptors (Lipinski definition) is 4. The van der Waals surface area contributed by atoms with Crippen LogP contribution < -0.4 is 5.32 Å². The van der Waals surface area contributed by atoms with E-state index in [9.17, 15) is 22.8 Å². The second-order valence-corrected chi connectivity index (χ2v) is 8.64. The number of benzene rings is 3. The molecule has 38 heavy (non-hydrogen) atoms. The predicted octanol–water partition coefficient (Wildman–Crippen LogP) is 6.80. The number of rotatable bonds is 7. The average Bonchev–Trinajstić information content (AvgIpc) is 3.32. The van der Waals surface area contributed by atoms with Gasteiger partial charge >= 0.3 is 12.1 Å². The molecule has 0 aliphatic rings. The van der Waals surface area contributed by atoms with Gasteiger partial charge in [0.15, 0.2) is 6.10 Å². The summed E-state index contributed by atoms with van der Waals surface area (Å²) in [7, 11) is 0. The molecule has 0 fully saturated rings. The Morgan fingerprint density at radius 3 is 2.42 bits per heavy atom. The zero-order valence-electron chi connectivity index (χ0n) is 19.9. The number of anilines is 1. The van der Waals surface area contributed by atoms with E-state index < -0.39 is 29.7 Å². The number of ether oxygens (including phenoxy) is 1. The first kappa shape index (κ1) is 26.7. The normalized spacial score (nSPS) is 12.3. The minimum absolute atomic E-state index is 0.0656. The van der Waals surface area contributed by atoms with Crippen LogP contribution in [0.25, 0.3) is 23.0 Å². The number of amides is 1. The lowest BCUT2D eigenvalue weighted by atomic mass is 10.1. The van der Waals surface area contributed by atoms with Crippen molar-refractivity contribution in [2.75, 3.05) is 5.32 Å². The van der Waals surface area contributed by atoms with E-state index in [4.69, 9.17) is 16.3 Å². The van der Waals surface area contributed by atoms with Gasteiger partial charge in [0.1, 0.15) is 0 Å². The van der Waals surface area contributed by atoms with Gasteiger partial charge in [0.2, 0.25) is 0 Å². The first-order chi connectivity index (χ1) is 18.1. The number of esters is 1. The highest BCUT2D eigenvalue weighted by atomic mass is 35.5. The van der Waals surface area contributed by atoms with Gasteiger partial charge in [0, 0.05) is 34.1 Å². The van der Waals surface area contributed by atoms with Gasteiger partial charge < -0.3 is 10.1 Å². The lowest BCUT2D eigenvalue weighted by Gasteiger charge is -2.13. The van der Waals surface area contributed by atoms with Gasteiger partial charge in [-0.05, 0) is 55.5 Å². The summed E-state index contributed by atoms with van der Waals surface area (Å²) in [6.07, 6.45) is -1.41. The summed E-state index contributed by atoms with van der Waals surface area (Å²) < 4.78 is 45.6. The fourth-order valence-electron chi connectivity index (χ4n) is 3.50. The first-order valence-electron chi connectivity index (χ1n) is 11.4. The van der Waals surface area contributed by atoms with Crippen molar-refractivity contribution in [1.29, 1.82) is 0 Å². The summed E-state index contributed by atoms with van der Waals surface area (Å²) in [6, 6.07) is 20.6. The Hall–Kier alpha value is -4.37. The van der Waals surface area contributed by atoms with Crippen molar-refractivity contribution >= 4 is 35.2 Å². The molecular weight excluding hydrogens is 519 g/mol. The molecule has 194 valence electrons. The Morgan fingerprint density at radius 2 is 1.74 bits per heavy atom. The lowest BCUT2D eigenvalue weighted by Crippen LogP contribution is -2.29. The van der Waals surface area contributed by atoms with Gasteiger partial charge in [0.05, 0.1) is 16.9 Å². The molecule has 4 rings (SSSR count). The summed E-state index contributed by atoms with van der Waals surface area (Å²) >= 11 is 6.01. The average molecular weight is 540 g/mol. The monoisotopic (exact) mass is 539 g/mol. The molecule has 6 nitrogen and oxygen atoms in total. The van der Waals surface area contributed by atoms with Gasteiger partial charge in [-0.15, -0.1) is 0 Å². The highest BCUT2D eigenvalue weighted by molar-refractivity contribution is 6.30. The standard InChI is InChI=1S/C28H21ClF3N3O3/c1-18(27(37)33-23-7-5-6-21(16-23)28(30,31)32)38-25(36)15-12-20-17-35(24-8-3-2-4-9-24)34-26(20)19-10-13-22(29)14-11-19/h2-18H,1H3,(H,33,37)/b15-12+. The maximum absolute atomic E-state index is 12.9. The van der Waals surface area contributed by atoms with Crippen molar-refractivity contribution in [3.05, 3.63) is 107 Å². The third-order valence-electron chi connectivity index (χ3n) is 5.40. The van der Waals surface area contributed by atoms with E-state index in [0.717, 1.165) is 29.5 Å². The number of carbonyl (C=O) groups is 2. The van der Waals surface area contributed by atoms with Crippen LogP contribution in [0, 0.1) is 0 Å². The van der Waals surface area contributed by atoms with Crippen molar-refractivity contribution < 1.29 is 27.5 Å². The van der Waals surface area contributed by atoms with Crippen molar-refractivity contribution in [3.63, 3.8) is 0 Å². The molecule has 0 bridgehead atoms. The van der Waals surface area contributed by atoms with Crippen molar-refractivity contribution in [3.8, 4) is 16.9 Å². The van der Waals surface area contributed by atoms with E-state index in [0.29, 0.717) is 16.3 Å². The summed E-state index contributed by atoms with van der Waals surface area (Å²) in [5.41, 5.74) is 1.80. The molecule has 0 spiro atoms. The quantitative estimate of drug-likeness (QED) is 0.207. The smallest absolute Gasteiger partial charge is 0.416 e. The number of nitrogens with one attached hydrogen (secondary N) is 1. The Kier molecular flexibility index (Phi) is 7.97. The van der Waals surface area contributed by atoms with Gasteiger partial charge in [-0.3, -0.25) is 4.79 Å². The third kappa shape index (κ3) is 6.68. The van der Waals surface area contributed by atoms with Crippen LogP contribution in [0.15, 0.2) is 91.1 Å². The topological polar surface area (TPSA) is 73.2 Å². The molecule has 0 saturated carbocycles. The third-order valence-corrected chi connectivity index (χ3v) is 5.65. The van der Waals surface area contributed by atoms with Crippen LogP contribution in [-0.4, -0.2) is 27.8 Å². The van der Waals surface area contributed by atoms with E-state index in [-0.39, 0.29) is 5.69 Å². The number of carbonyl (C=O) groups excluding carboxylic acids is 2. The number of para-hydroxylation sites is 1. The van der Waals surface area contributed by atoms with Crippen LogP contribution in [0.4, 0.5) is 18.9 Å². The SMILES string of the molecule is CC(OC(=O)/C=C/c1cn(-c2ccccc2)nc1-c1ccc(Cl)cc1)C(=O)Nc1cccc(C(F)(F)F)c1. The van der Waals surface area contributed by atoms with E-state index in [1.807, 2.05) is 30.3 Å². The molecule has 4 aromatic rings. The highest BCUT2D eigenvalue weighted by Crippen LogP contribution is 2.31. The van der Waals surface area contributed by atoms with Crippen LogP contribution >= 0.6 is 11.6 Å². The molecule has 0 aliphatic carbocycles. The second kappa shape index (κ2) is 11.4. The highest BCUT2D eigenvalue weighted by Gasteiger charge is 2.30.